The molecule has 2 N–H and O–H groups in total. The molecule has 0 heterocycles. The van der Waals surface area contributed by atoms with Crippen LogP contribution >= 0.6 is 0 Å². The summed E-state index contributed by atoms with van der Waals surface area (Å²) < 4.78 is 12.4. The van der Waals surface area contributed by atoms with Crippen molar-refractivity contribution in [2.45, 2.75) is 6.17 Å². The molecule has 0 aliphatic rings. The van der Waals surface area contributed by atoms with Gasteiger partial charge in [-0.2, -0.15) is 0 Å². The highest BCUT2D eigenvalue weighted by Gasteiger charge is 2.33. The van der Waals surface area contributed by atoms with Gasteiger partial charge in [0.05, 0.1) is 0 Å². The molecule has 0 amide bonds. The highest BCUT2D eigenvalue weighted by atomic mass is 19.1. The third-order valence-electron chi connectivity index (χ3n) is 1.08. The number of rotatable bonds is 4. The van der Waals surface area contributed by atoms with E-state index in [-0.39, 0.29) is 0 Å². The molecule has 5 heteroatoms. The lowest BCUT2D eigenvalue weighted by Gasteiger charge is -2.07. The van der Waals surface area contributed by atoms with E-state index in [1.807, 2.05) is 0 Å². The molecule has 0 aromatic rings. The fourth-order valence-corrected chi connectivity index (χ4v) is 0.514. The molecule has 0 fully saturated rings. The summed E-state index contributed by atoms with van der Waals surface area (Å²) in [5.41, 5.74) is 0. The highest BCUT2D eigenvalue weighted by Crippen LogP contribution is 2.09. The number of hydrogen-bond acceptors (Lipinski definition) is 2. The van der Waals surface area contributed by atoms with Crippen molar-refractivity contribution < 1.29 is 24.2 Å². The van der Waals surface area contributed by atoms with E-state index in [0.717, 1.165) is 0 Å². The van der Waals surface area contributed by atoms with Crippen LogP contribution in [0.2, 0.25) is 0 Å². The lowest BCUT2D eigenvalue weighted by atomic mass is 10.1. The Bertz CT molecular complexity index is 175. The molecular formula is C6H7FO4. The Morgan fingerprint density at radius 2 is 1.73 bits per heavy atom. The minimum absolute atomic E-state index is 0.646. The van der Waals surface area contributed by atoms with Gasteiger partial charge in [-0.1, -0.05) is 6.08 Å². The predicted molar refractivity (Wildman–Crippen MR) is 33.9 cm³/mol. The van der Waals surface area contributed by atoms with Gasteiger partial charge in [0.25, 0.3) is 0 Å². The van der Waals surface area contributed by atoms with Crippen LogP contribution in [-0.2, 0) is 9.59 Å². The minimum Gasteiger partial charge on any atom is -0.481 e. The molecule has 0 saturated carbocycles. The standard InChI is InChI=1S/C6H7FO4/c1-2-3(7)4(5(8)9)6(10)11/h2-4H,1H2,(H,8,9)(H,10,11). The van der Waals surface area contributed by atoms with Crippen molar-refractivity contribution in [3.05, 3.63) is 12.7 Å². The van der Waals surface area contributed by atoms with Crippen LogP contribution in [0.15, 0.2) is 12.7 Å². The number of carboxylic acids is 2. The third kappa shape index (κ3) is 2.37. The molecule has 0 aromatic heterocycles. The number of halogens is 1. The summed E-state index contributed by atoms with van der Waals surface area (Å²) in [5.74, 6) is -5.46. The highest BCUT2D eigenvalue weighted by molar-refractivity contribution is 5.93. The minimum atomic E-state index is -2.05. The molecular weight excluding hydrogens is 155 g/mol. The second-order valence-corrected chi connectivity index (χ2v) is 1.83. The molecule has 0 aliphatic heterocycles. The first-order valence-corrected chi connectivity index (χ1v) is 2.73. The average molecular weight is 162 g/mol. The van der Waals surface area contributed by atoms with Crippen LogP contribution in [0.5, 0.6) is 0 Å². The van der Waals surface area contributed by atoms with E-state index in [4.69, 9.17) is 10.2 Å². The Morgan fingerprint density at radius 3 is 1.82 bits per heavy atom. The molecule has 0 spiro atoms. The first-order valence-electron chi connectivity index (χ1n) is 2.73. The van der Waals surface area contributed by atoms with Crippen LogP contribution in [-0.4, -0.2) is 28.3 Å². The van der Waals surface area contributed by atoms with Crippen molar-refractivity contribution in [1.29, 1.82) is 0 Å². The van der Waals surface area contributed by atoms with E-state index in [0.29, 0.717) is 6.08 Å². The second kappa shape index (κ2) is 3.70. The fraction of sp³-hybridized carbons (Fsp3) is 0.333. The summed E-state index contributed by atoms with van der Waals surface area (Å²) in [6.45, 7) is 2.94. The van der Waals surface area contributed by atoms with Gasteiger partial charge in [0.2, 0.25) is 0 Å². The summed E-state index contributed by atoms with van der Waals surface area (Å²) in [5, 5.41) is 16.4. The van der Waals surface area contributed by atoms with Gasteiger partial charge in [0.15, 0.2) is 5.92 Å². The van der Waals surface area contributed by atoms with E-state index in [1.165, 1.54) is 0 Å². The molecule has 1 atom stereocenters. The maximum atomic E-state index is 12.4. The molecule has 62 valence electrons. The number of aliphatic carboxylic acids is 2. The number of hydrogen-bond donors (Lipinski definition) is 2. The molecule has 0 rings (SSSR count). The van der Waals surface area contributed by atoms with Crippen LogP contribution < -0.4 is 0 Å². The molecule has 0 aliphatic carbocycles. The number of allylic oxidation sites excluding steroid dienone is 1. The maximum absolute atomic E-state index is 12.4. The van der Waals surface area contributed by atoms with Gasteiger partial charge in [0, 0.05) is 0 Å². The van der Waals surface area contributed by atoms with E-state index in [2.05, 4.69) is 6.58 Å². The van der Waals surface area contributed by atoms with Crippen LogP contribution in [0, 0.1) is 5.92 Å². The fourth-order valence-electron chi connectivity index (χ4n) is 0.514. The number of carbonyl (C=O) groups is 2. The Morgan fingerprint density at radius 1 is 1.36 bits per heavy atom. The van der Waals surface area contributed by atoms with E-state index < -0.39 is 24.0 Å². The van der Waals surface area contributed by atoms with Gasteiger partial charge in [-0.25, -0.2) is 4.39 Å². The maximum Gasteiger partial charge on any atom is 0.321 e. The third-order valence-corrected chi connectivity index (χ3v) is 1.08. The number of alkyl halides is 1. The summed E-state index contributed by atoms with van der Waals surface area (Å²) in [6.07, 6.45) is -1.41. The van der Waals surface area contributed by atoms with Crippen molar-refractivity contribution in [3.63, 3.8) is 0 Å². The molecule has 0 bridgehead atoms. The predicted octanol–water partition coefficient (Wildman–Crippen LogP) is 0.296. The smallest absolute Gasteiger partial charge is 0.321 e. The Labute approximate surface area is 62.0 Å². The summed E-state index contributed by atoms with van der Waals surface area (Å²) >= 11 is 0. The van der Waals surface area contributed by atoms with Crippen molar-refractivity contribution in [2.75, 3.05) is 0 Å². The second-order valence-electron chi connectivity index (χ2n) is 1.83. The lowest BCUT2D eigenvalue weighted by Crippen LogP contribution is -2.31. The van der Waals surface area contributed by atoms with Crippen molar-refractivity contribution in [2.24, 2.45) is 5.92 Å². The van der Waals surface area contributed by atoms with E-state index in [1.54, 1.807) is 0 Å². The topological polar surface area (TPSA) is 74.6 Å². The molecule has 1 unspecified atom stereocenters. The van der Waals surface area contributed by atoms with Crippen molar-refractivity contribution >= 4 is 11.9 Å². The Balaban J connectivity index is 4.46. The molecule has 11 heavy (non-hydrogen) atoms. The molecule has 4 nitrogen and oxygen atoms in total. The summed E-state index contributed by atoms with van der Waals surface area (Å²) in [7, 11) is 0. The Hall–Kier alpha value is -1.39. The van der Waals surface area contributed by atoms with Crippen LogP contribution in [0.3, 0.4) is 0 Å². The normalized spacial score (nSPS) is 12.5. The first kappa shape index (κ1) is 9.61. The van der Waals surface area contributed by atoms with Gasteiger partial charge in [-0.05, 0) is 0 Å². The van der Waals surface area contributed by atoms with Crippen LogP contribution in [0.4, 0.5) is 4.39 Å². The van der Waals surface area contributed by atoms with Gasteiger partial charge in [-0.15, -0.1) is 6.58 Å². The monoisotopic (exact) mass is 162 g/mol. The summed E-state index contributed by atoms with van der Waals surface area (Å²) in [6, 6.07) is 0. The van der Waals surface area contributed by atoms with Crippen LogP contribution in [0.1, 0.15) is 0 Å². The quantitative estimate of drug-likeness (QED) is 0.460. The van der Waals surface area contributed by atoms with Crippen molar-refractivity contribution in [1.82, 2.24) is 0 Å². The molecule has 0 radical (unpaired) electrons. The van der Waals surface area contributed by atoms with Crippen LogP contribution in [0.25, 0.3) is 0 Å². The lowest BCUT2D eigenvalue weighted by molar-refractivity contribution is -0.156. The zero-order valence-electron chi connectivity index (χ0n) is 5.53. The summed E-state index contributed by atoms with van der Waals surface area (Å²) in [4.78, 5) is 20.1. The SMILES string of the molecule is C=CC(F)C(C(=O)O)C(=O)O. The van der Waals surface area contributed by atoms with Gasteiger partial charge >= 0.3 is 11.9 Å². The van der Waals surface area contributed by atoms with E-state index >= 15 is 0 Å². The zero-order valence-corrected chi connectivity index (χ0v) is 5.53. The first-order chi connectivity index (χ1) is 5.00. The van der Waals surface area contributed by atoms with E-state index in [9.17, 15) is 14.0 Å². The number of carboxylic acid groups (broad SMARTS) is 2. The largest absolute Gasteiger partial charge is 0.481 e. The van der Waals surface area contributed by atoms with Gasteiger partial charge in [0.1, 0.15) is 6.17 Å². The average Bonchev–Trinajstić information content (AvgIpc) is 1.85. The zero-order chi connectivity index (χ0) is 9.02. The van der Waals surface area contributed by atoms with Crippen molar-refractivity contribution in [3.8, 4) is 0 Å². The van der Waals surface area contributed by atoms with Gasteiger partial charge < -0.3 is 10.2 Å². The Kier molecular flexibility index (Phi) is 3.23. The molecule has 0 aromatic carbocycles. The molecule has 0 saturated heterocycles. The van der Waals surface area contributed by atoms with Gasteiger partial charge in [-0.3, -0.25) is 9.59 Å².